The minimum Gasteiger partial charge on any atom is -0.379 e. The van der Waals surface area contributed by atoms with E-state index in [0.717, 1.165) is 35.2 Å². The van der Waals surface area contributed by atoms with E-state index in [0.29, 0.717) is 102 Å². The quantitative estimate of drug-likeness (QED) is 0.372. The van der Waals surface area contributed by atoms with Crippen LogP contribution in [-0.4, -0.2) is 117 Å². The second-order valence-electron chi connectivity index (χ2n) is 13.3. The maximum Gasteiger partial charge on any atom is 0.261 e. The van der Waals surface area contributed by atoms with Gasteiger partial charge < -0.3 is 33.9 Å². The van der Waals surface area contributed by atoms with Crippen LogP contribution in [0.2, 0.25) is 0 Å². The highest BCUT2D eigenvalue weighted by molar-refractivity contribution is 5.92. The Bertz CT molecular complexity index is 1640. The lowest BCUT2D eigenvalue weighted by Gasteiger charge is -2.28. The molecule has 0 saturated carbocycles. The Labute approximate surface area is 305 Å². The number of nitrogens with one attached hydrogen (secondary N) is 2. The van der Waals surface area contributed by atoms with Crippen molar-refractivity contribution >= 4 is 28.4 Å². The van der Waals surface area contributed by atoms with Crippen molar-refractivity contribution in [2.75, 3.05) is 91.1 Å². The number of ether oxygens (including phenoxy) is 5. The number of hydrazine groups is 1. The van der Waals surface area contributed by atoms with Crippen molar-refractivity contribution in [2.24, 2.45) is 5.92 Å². The third-order valence-corrected chi connectivity index (χ3v) is 9.46. The Morgan fingerprint density at radius 1 is 0.788 bits per heavy atom. The SMILES string of the molecule is Cc1cccc(C)c1NC(=O)CC1CCOCCOCCN(Cc2nc3c(C)cccc3c(=O)n2CC(=O)N2CCOCC2)NCOCCOCC1. The van der Waals surface area contributed by atoms with Gasteiger partial charge in [0, 0.05) is 45.0 Å². The minimum absolute atomic E-state index is 0.0124. The molecule has 284 valence electrons. The number of hydrogen-bond acceptors (Lipinski definition) is 11. The highest BCUT2D eigenvalue weighted by Gasteiger charge is 2.22. The van der Waals surface area contributed by atoms with E-state index < -0.39 is 0 Å². The van der Waals surface area contributed by atoms with Crippen LogP contribution in [0.15, 0.2) is 41.2 Å². The summed E-state index contributed by atoms with van der Waals surface area (Å²) >= 11 is 0. The topological polar surface area (TPSA) is 146 Å². The summed E-state index contributed by atoms with van der Waals surface area (Å²) in [6.45, 7) is 11.6. The molecular formula is C38H54N6O8. The monoisotopic (exact) mass is 722 g/mol. The number of para-hydroxylation sites is 2. The number of aromatic nitrogens is 2. The number of morpholine rings is 1. The van der Waals surface area contributed by atoms with Crippen molar-refractivity contribution < 1.29 is 33.3 Å². The van der Waals surface area contributed by atoms with Gasteiger partial charge in [-0.3, -0.25) is 19.0 Å². The highest BCUT2D eigenvalue weighted by Crippen LogP contribution is 2.22. The molecule has 1 aromatic heterocycles. The van der Waals surface area contributed by atoms with Crippen LogP contribution in [0.25, 0.3) is 10.9 Å². The number of benzene rings is 2. The van der Waals surface area contributed by atoms with Crippen molar-refractivity contribution in [2.45, 2.75) is 53.1 Å². The minimum atomic E-state index is -0.252. The third kappa shape index (κ3) is 11.6. The van der Waals surface area contributed by atoms with Crippen molar-refractivity contribution in [3.8, 4) is 0 Å². The van der Waals surface area contributed by atoms with Gasteiger partial charge >= 0.3 is 0 Å². The molecule has 0 bridgehead atoms. The second kappa shape index (κ2) is 20.5. The number of carbonyl (C=O) groups excluding carboxylic acids is 2. The number of hydrogen-bond donors (Lipinski definition) is 2. The molecule has 2 saturated heterocycles. The summed E-state index contributed by atoms with van der Waals surface area (Å²) in [6.07, 6.45) is 1.83. The smallest absolute Gasteiger partial charge is 0.261 e. The van der Waals surface area contributed by atoms with Gasteiger partial charge in [-0.1, -0.05) is 30.3 Å². The van der Waals surface area contributed by atoms with Gasteiger partial charge in [0.15, 0.2) is 0 Å². The fourth-order valence-electron chi connectivity index (χ4n) is 6.39. The Kier molecular flexibility index (Phi) is 15.5. The highest BCUT2D eigenvalue weighted by atomic mass is 16.5. The van der Waals surface area contributed by atoms with Crippen LogP contribution in [-0.2, 0) is 46.4 Å². The number of fused-ring (bicyclic) bond motifs is 1. The molecule has 2 aliphatic heterocycles. The maximum absolute atomic E-state index is 13.8. The second-order valence-corrected chi connectivity index (χ2v) is 13.3. The average Bonchev–Trinajstić information content (AvgIpc) is 3.13. The molecule has 14 heteroatoms. The van der Waals surface area contributed by atoms with Crippen LogP contribution >= 0.6 is 0 Å². The first-order valence-corrected chi connectivity index (χ1v) is 18.3. The molecule has 2 N–H and O–H groups in total. The van der Waals surface area contributed by atoms with Crippen LogP contribution < -0.4 is 16.3 Å². The number of amides is 2. The number of anilines is 1. The molecule has 52 heavy (non-hydrogen) atoms. The van der Waals surface area contributed by atoms with Crippen LogP contribution in [0, 0.1) is 26.7 Å². The standard InChI is InChI=1S/C38H54N6O8/c1-28-6-4-7-29(2)36(28)41-34(45)24-31-10-15-48-20-21-51-19-14-43(39-27-52-23-22-49-16-11-31)25-33-40-37-30(3)8-5-9-32(37)38(47)44(33)26-35(46)42-12-17-50-18-13-42/h4-9,31,39H,10-27H2,1-3H3,(H,41,45). The fourth-order valence-corrected chi connectivity index (χ4v) is 6.39. The lowest BCUT2D eigenvalue weighted by atomic mass is 9.97. The summed E-state index contributed by atoms with van der Waals surface area (Å²) in [4.78, 5) is 46.8. The predicted octanol–water partition coefficient (Wildman–Crippen LogP) is 2.95. The first-order chi connectivity index (χ1) is 25.3. The molecule has 3 aromatic rings. The summed E-state index contributed by atoms with van der Waals surface area (Å²) in [6, 6.07) is 11.5. The molecule has 2 amide bonds. The first kappa shape index (κ1) is 39.4. The molecule has 2 aliphatic rings. The van der Waals surface area contributed by atoms with Crippen LogP contribution in [0.5, 0.6) is 0 Å². The molecule has 2 fully saturated rings. The molecule has 3 heterocycles. The number of aryl methyl sites for hydroxylation is 3. The molecule has 14 nitrogen and oxygen atoms in total. The van der Waals surface area contributed by atoms with Gasteiger partial charge in [-0.15, -0.1) is 0 Å². The average molecular weight is 723 g/mol. The predicted molar refractivity (Wildman–Crippen MR) is 197 cm³/mol. The van der Waals surface area contributed by atoms with Gasteiger partial charge in [0.1, 0.15) is 19.1 Å². The molecule has 2 aromatic carbocycles. The van der Waals surface area contributed by atoms with E-state index in [9.17, 15) is 14.4 Å². The summed E-state index contributed by atoms with van der Waals surface area (Å²) in [5, 5.41) is 5.47. The van der Waals surface area contributed by atoms with Crippen LogP contribution in [0.1, 0.15) is 41.8 Å². The van der Waals surface area contributed by atoms with E-state index >= 15 is 0 Å². The van der Waals surface area contributed by atoms with Gasteiger partial charge in [-0.25, -0.2) is 15.4 Å². The summed E-state index contributed by atoms with van der Waals surface area (Å²) in [5.74, 6) is 0.412. The summed E-state index contributed by atoms with van der Waals surface area (Å²) in [5.41, 5.74) is 7.49. The largest absolute Gasteiger partial charge is 0.379 e. The van der Waals surface area contributed by atoms with Gasteiger partial charge in [0.2, 0.25) is 11.8 Å². The van der Waals surface area contributed by atoms with E-state index in [-0.39, 0.29) is 43.1 Å². The first-order valence-electron chi connectivity index (χ1n) is 18.3. The fraction of sp³-hybridized carbons (Fsp3) is 0.579. The molecule has 0 spiro atoms. The van der Waals surface area contributed by atoms with E-state index in [1.165, 1.54) is 4.57 Å². The van der Waals surface area contributed by atoms with E-state index in [1.807, 2.05) is 56.1 Å². The van der Waals surface area contributed by atoms with Crippen molar-refractivity contribution in [3.63, 3.8) is 0 Å². The van der Waals surface area contributed by atoms with E-state index in [2.05, 4.69) is 10.7 Å². The van der Waals surface area contributed by atoms with Gasteiger partial charge in [-0.05, 0) is 62.3 Å². The maximum atomic E-state index is 13.8. The van der Waals surface area contributed by atoms with Gasteiger partial charge in [-0.2, -0.15) is 0 Å². The summed E-state index contributed by atoms with van der Waals surface area (Å²) < 4.78 is 30.5. The number of carbonyl (C=O) groups is 2. The van der Waals surface area contributed by atoms with Gasteiger partial charge in [0.25, 0.3) is 5.56 Å². The lowest BCUT2D eigenvalue weighted by molar-refractivity contribution is -0.136. The Balaban J connectivity index is 1.19. The normalized spacial score (nSPS) is 19.5. The molecule has 0 aliphatic carbocycles. The third-order valence-electron chi connectivity index (χ3n) is 9.46. The van der Waals surface area contributed by atoms with Crippen molar-refractivity contribution in [1.82, 2.24) is 24.9 Å². The number of nitrogens with zero attached hydrogens (tertiary/aromatic N) is 4. The van der Waals surface area contributed by atoms with Gasteiger partial charge in [0.05, 0.1) is 63.7 Å². The lowest BCUT2D eigenvalue weighted by Crippen LogP contribution is -2.45. The zero-order valence-corrected chi connectivity index (χ0v) is 30.8. The zero-order chi connectivity index (χ0) is 36.7. The Morgan fingerprint density at radius 2 is 1.38 bits per heavy atom. The van der Waals surface area contributed by atoms with E-state index in [1.54, 1.807) is 11.0 Å². The molecule has 1 unspecified atom stereocenters. The van der Waals surface area contributed by atoms with Crippen molar-refractivity contribution in [1.29, 1.82) is 0 Å². The molecule has 1 atom stereocenters. The molecular weight excluding hydrogens is 668 g/mol. The van der Waals surface area contributed by atoms with Crippen LogP contribution in [0.4, 0.5) is 5.69 Å². The zero-order valence-electron chi connectivity index (χ0n) is 30.8. The van der Waals surface area contributed by atoms with Crippen LogP contribution in [0.3, 0.4) is 0 Å². The molecule has 0 radical (unpaired) electrons. The van der Waals surface area contributed by atoms with E-state index in [4.69, 9.17) is 28.7 Å². The summed E-state index contributed by atoms with van der Waals surface area (Å²) in [7, 11) is 0. The molecule has 5 rings (SSSR count). The van der Waals surface area contributed by atoms with Crippen molar-refractivity contribution in [3.05, 3.63) is 69.3 Å². The Morgan fingerprint density at radius 3 is 2.10 bits per heavy atom. The number of rotatable bonds is 7. The Hall–Kier alpha value is -3.76.